The van der Waals surface area contributed by atoms with Gasteiger partial charge in [0, 0.05) is 18.7 Å². The van der Waals surface area contributed by atoms with Crippen molar-refractivity contribution in [3.63, 3.8) is 0 Å². The van der Waals surface area contributed by atoms with Gasteiger partial charge in [-0.25, -0.2) is 0 Å². The van der Waals surface area contributed by atoms with Crippen molar-refractivity contribution >= 4 is 5.91 Å². The van der Waals surface area contributed by atoms with E-state index in [0.717, 1.165) is 51.2 Å². The molecule has 1 amide bonds. The molecule has 138 valence electrons. The number of hydrogen-bond donors (Lipinski definition) is 1. The van der Waals surface area contributed by atoms with Crippen molar-refractivity contribution in [2.24, 2.45) is 5.92 Å². The summed E-state index contributed by atoms with van der Waals surface area (Å²) in [6.07, 6.45) is 3.41. The van der Waals surface area contributed by atoms with Gasteiger partial charge in [-0.05, 0) is 68.1 Å². The van der Waals surface area contributed by atoms with E-state index >= 15 is 0 Å². The minimum Gasteiger partial charge on any atom is -0.497 e. The van der Waals surface area contributed by atoms with Gasteiger partial charge in [-0.3, -0.25) is 4.79 Å². The van der Waals surface area contributed by atoms with Crippen LogP contribution < -0.4 is 10.1 Å². The van der Waals surface area contributed by atoms with Crippen LogP contribution in [0.25, 0.3) is 0 Å². The molecule has 4 heteroatoms. The van der Waals surface area contributed by atoms with Crippen molar-refractivity contribution in [1.29, 1.82) is 0 Å². The van der Waals surface area contributed by atoms with Crippen LogP contribution in [0.5, 0.6) is 5.75 Å². The Balaban J connectivity index is 1.36. The van der Waals surface area contributed by atoms with Gasteiger partial charge in [-0.15, -0.1) is 0 Å². The molecule has 1 aliphatic heterocycles. The van der Waals surface area contributed by atoms with Gasteiger partial charge in [-0.1, -0.05) is 30.3 Å². The number of nitrogens with zero attached hydrogens (tertiary/aromatic N) is 1. The highest BCUT2D eigenvalue weighted by molar-refractivity contribution is 5.94. The Morgan fingerprint density at radius 1 is 1.08 bits per heavy atom. The average Bonchev–Trinajstić information content (AvgIpc) is 2.72. The molecular weight excluding hydrogens is 324 g/mol. The van der Waals surface area contributed by atoms with Gasteiger partial charge < -0.3 is 15.0 Å². The van der Waals surface area contributed by atoms with Crippen molar-refractivity contribution < 1.29 is 9.53 Å². The summed E-state index contributed by atoms with van der Waals surface area (Å²) in [5.41, 5.74) is 2.09. The second-order valence-electron chi connectivity index (χ2n) is 6.96. The fraction of sp³-hybridized carbons (Fsp3) is 0.409. The molecule has 4 nitrogen and oxygen atoms in total. The van der Waals surface area contributed by atoms with Crippen molar-refractivity contribution in [2.75, 3.05) is 33.3 Å². The van der Waals surface area contributed by atoms with Crippen LogP contribution in [0.1, 0.15) is 28.8 Å². The lowest BCUT2D eigenvalue weighted by Gasteiger charge is -2.32. The molecule has 3 rings (SSSR count). The molecule has 0 atom stereocenters. The van der Waals surface area contributed by atoms with E-state index in [1.54, 1.807) is 19.2 Å². The second-order valence-corrected chi connectivity index (χ2v) is 6.96. The first kappa shape index (κ1) is 18.5. The van der Waals surface area contributed by atoms with Crippen LogP contribution in [0, 0.1) is 5.92 Å². The molecule has 0 aliphatic carbocycles. The zero-order valence-electron chi connectivity index (χ0n) is 15.5. The summed E-state index contributed by atoms with van der Waals surface area (Å²) >= 11 is 0. The number of rotatable bonds is 7. The summed E-state index contributed by atoms with van der Waals surface area (Å²) < 4.78 is 5.13. The standard InChI is InChI=1S/C22H28N2O2/c1-26-21-9-7-20(8-10-21)22(25)23-17-19-12-15-24(16-13-19)14-11-18-5-3-2-4-6-18/h2-10,19H,11-17H2,1H3,(H,23,25). The molecule has 0 saturated carbocycles. The van der Waals surface area contributed by atoms with Gasteiger partial charge >= 0.3 is 0 Å². The van der Waals surface area contributed by atoms with Crippen LogP contribution in [0.4, 0.5) is 0 Å². The number of piperidine rings is 1. The quantitative estimate of drug-likeness (QED) is 0.831. The first-order valence-electron chi connectivity index (χ1n) is 9.43. The number of ether oxygens (including phenoxy) is 1. The highest BCUT2D eigenvalue weighted by atomic mass is 16.5. The molecule has 2 aromatic rings. The van der Waals surface area contributed by atoms with E-state index in [0.29, 0.717) is 11.5 Å². The van der Waals surface area contributed by atoms with Crippen LogP contribution in [0.2, 0.25) is 0 Å². The van der Waals surface area contributed by atoms with Crippen molar-refractivity contribution in [3.05, 3.63) is 65.7 Å². The van der Waals surface area contributed by atoms with Gasteiger partial charge in [0.1, 0.15) is 5.75 Å². The van der Waals surface area contributed by atoms with Gasteiger partial charge in [0.15, 0.2) is 0 Å². The normalized spacial score (nSPS) is 15.6. The topological polar surface area (TPSA) is 41.6 Å². The predicted molar refractivity (Wildman–Crippen MR) is 105 cm³/mol. The zero-order valence-corrected chi connectivity index (χ0v) is 15.5. The molecule has 1 N–H and O–H groups in total. The van der Waals surface area contributed by atoms with Gasteiger partial charge in [0.25, 0.3) is 5.91 Å². The summed E-state index contributed by atoms with van der Waals surface area (Å²) in [4.78, 5) is 14.8. The molecule has 0 aromatic heterocycles. The number of hydrogen-bond acceptors (Lipinski definition) is 3. The van der Waals surface area contributed by atoms with Gasteiger partial charge in [0.2, 0.25) is 0 Å². The maximum absolute atomic E-state index is 12.2. The smallest absolute Gasteiger partial charge is 0.251 e. The van der Waals surface area contributed by atoms with Crippen molar-refractivity contribution in [1.82, 2.24) is 10.2 Å². The Hall–Kier alpha value is -2.33. The minimum atomic E-state index is -0.000778. The largest absolute Gasteiger partial charge is 0.497 e. The molecule has 1 saturated heterocycles. The second kappa shape index (κ2) is 9.39. The van der Waals surface area contributed by atoms with E-state index in [1.807, 2.05) is 12.1 Å². The van der Waals surface area contributed by atoms with Crippen LogP contribution >= 0.6 is 0 Å². The molecule has 1 heterocycles. The molecule has 26 heavy (non-hydrogen) atoms. The van der Waals surface area contributed by atoms with Crippen molar-refractivity contribution in [3.8, 4) is 5.75 Å². The summed E-state index contributed by atoms with van der Waals surface area (Å²) in [5, 5.41) is 3.08. The number of amides is 1. The SMILES string of the molecule is COc1ccc(C(=O)NCC2CCN(CCc3ccccc3)CC2)cc1. The Morgan fingerprint density at radius 3 is 2.42 bits per heavy atom. The summed E-state index contributed by atoms with van der Waals surface area (Å²) in [7, 11) is 1.63. The zero-order chi connectivity index (χ0) is 18.2. The Bertz CT molecular complexity index is 677. The Labute approximate surface area is 156 Å². The molecular formula is C22H28N2O2. The van der Waals surface area contributed by atoms with Gasteiger partial charge in [-0.2, -0.15) is 0 Å². The fourth-order valence-electron chi connectivity index (χ4n) is 3.43. The Morgan fingerprint density at radius 2 is 1.77 bits per heavy atom. The van der Waals surface area contributed by atoms with E-state index in [1.165, 1.54) is 5.56 Å². The highest BCUT2D eigenvalue weighted by Gasteiger charge is 2.19. The van der Waals surface area contributed by atoms with Crippen LogP contribution in [0.3, 0.4) is 0 Å². The molecule has 1 aliphatic rings. The summed E-state index contributed by atoms with van der Waals surface area (Å²) in [6.45, 7) is 4.12. The Kier molecular flexibility index (Phi) is 6.67. The first-order valence-corrected chi connectivity index (χ1v) is 9.43. The van der Waals surface area contributed by atoms with E-state index < -0.39 is 0 Å². The lowest BCUT2D eigenvalue weighted by molar-refractivity contribution is 0.0936. The summed E-state index contributed by atoms with van der Waals surface area (Å²) in [5.74, 6) is 1.34. The number of methoxy groups -OCH3 is 1. The third kappa shape index (κ3) is 5.33. The van der Waals surface area contributed by atoms with Crippen molar-refractivity contribution in [2.45, 2.75) is 19.3 Å². The third-order valence-electron chi connectivity index (χ3n) is 5.17. The molecule has 0 spiro atoms. The maximum atomic E-state index is 12.2. The average molecular weight is 352 g/mol. The fourth-order valence-corrected chi connectivity index (χ4v) is 3.43. The van der Waals surface area contributed by atoms with E-state index in [4.69, 9.17) is 4.74 Å². The predicted octanol–water partition coefficient (Wildman–Crippen LogP) is 3.38. The lowest BCUT2D eigenvalue weighted by atomic mass is 9.96. The molecule has 0 bridgehead atoms. The van der Waals surface area contributed by atoms with Crippen LogP contribution in [-0.4, -0.2) is 44.1 Å². The minimum absolute atomic E-state index is 0.000778. The van der Waals surface area contributed by atoms with E-state index in [-0.39, 0.29) is 5.91 Å². The monoisotopic (exact) mass is 352 g/mol. The maximum Gasteiger partial charge on any atom is 0.251 e. The number of carbonyl (C=O) groups is 1. The molecule has 1 fully saturated rings. The molecule has 2 aromatic carbocycles. The number of benzene rings is 2. The summed E-state index contributed by atoms with van der Waals surface area (Å²) in [6, 6.07) is 17.9. The van der Waals surface area contributed by atoms with Gasteiger partial charge in [0.05, 0.1) is 7.11 Å². The van der Waals surface area contributed by atoms with Crippen LogP contribution in [0.15, 0.2) is 54.6 Å². The third-order valence-corrected chi connectivity index (χ3v) is 5.17. The molecule has 0 radical (unpaired) electrons. The lowest BCUT2D eigenvalue weighted by Crippen LogP contribution is -2.39. The first-order chi connectivity index (χ1) is 12.7. The number of carbonyl (C=O) groups excluding carboxylic acids is 1. The number of likely N-dealkylation sites (tertiary alicyclic amines) is 1. The van der Waals surface area contributed by atoms with E-state index in [9.17, 15) is 4.79 Å². The molecule has 0 unspecified atom stereocenters. The number of nitrogens with one attached hydrogen (secondary N) is 1. The highest BCUT2D eigenvalue weighted by Crippen LogP contribution is 2.17. The van der Waals surface area contributed by atoms with Crippen LogP contribution in [-0.2, 0) is 6.42 Å². The van der Waals surface area contributed by atoms with E-state index in [2.05, 4.69) is 40.5 Å².